The maximum Gasteiger partial charge on any atom is 0.0575 e. The lowest BCUT2D eigenvalue weighted by molar-refractivity contribution is 0.679. The zero-order valence-corrected chi connectivity index (χ0v) is 60.9. The van der Waals surface area contributed by atoms with E-state index in [0.29, 0.717) is 0 Å². The molecular weight excluding hydrogens is 1150 g/mol. The van der Waals surface area contributed by atoms with Crippen molar-refractivity contribution in [1.29, 1.82) is 0 Å². The van der Waals surface area contributed by atoms with Gasteiger partial charge in [0.1, 0.15) is 0 Å². The van der Waals surface area contributed by atoms with E-state index in [4.69, 9.17) is 0 Å². The van der Waals surface area contributed by atoms with Gasteiger partial charge in [-0.3, -0.25) is 0 Å². The first kappa shape index (κ1) is 78.3. The van der Waals surface area contributed by atoms with Crippen LogP contribution in [0.3, 0.4) is 0 Å². The minimum absolute atomic E-state index is 0.754. The molecule has 5 aromatic rings. The fourth-order valence-electron chi connectivity index (χ4n) is 11.1. The molecule has 0 amide bonds. The highest BCUT2D eigenvalue weighted by Crippen LogP contribution is 2.24. The normalized spacial score (nSPS) is 9.92. The molecule has 0 unspecified atom stereocenters. The zero-order valence-electron chi connectivity index (χ0n) is 60.9. The molecule has 0 aliphatic heterocycles. The number of rotatable bonds is 32. The summed E-state index contributed by atoms with van der Waals surface area (Å²) in [6.45, 7) is 18.0. The summed E-state index contributed by atoms with van der Waals surface area (Å²) < 4.78 is 0. The Morgan fingerprint density at radius 2 is 0.354 bits per heavy atom. The van der Waals surface area contributed by atoms with Crippen LogP contribution in [0.5, 0.6) is 0 Å². The molecule has 0 nitrogen and oxygen atoms in total. The largest absolute Gasteiger partial charge is 0.0978 e. The Hall–Kier alpha value is -8.40. The van der Waals surface area contributed by atoms with Crippen molar-refractivity contribution < 1.29 is 0 Å². The van der Waals surface area contributed by atoms with Crippen molar-refractivity contribution in [3.63, 3.8) is 0 Å². The monoisotopic (exact) mass is 1260 g/mol. The van der Waals surface area contributed by atoms with Gasteiger partial charge in [-0.25, -0.2) is 0 Å². The second kappa shape index (κ2) is 50.9. The van der Waals surface area contributed by atoms with Gasteiger partial charge >= 0.3 is 0 Å². The van der Waals surface area contributed by atoms with E-state index in [2.05, 4.69) is 247 Å². The Bertz CT molecular complexity index is 3380. The number of unbranched alkanes of at least 4 members (excludes halogenated alkanes) is 32. The molecule has 0 aliphatic carbocycles. The first-order chi connectivity index (χ1) is 47.4. The fraction of sp³-hybridized carbons (Fsp3) is 0.500. The Kier molecular flexibility index (Phi) is 41.6. The molecule has 96 heavy (non-hydrogen) atoms. The van der Waals surface area contributed by atoms with E-state index < -0.39 is 0 Å². The first-order valence-electron chi connectivity index (χ1n) is 38.1. The van der Waals surface area contributed by atoms with Gasteiger partial charge in [-0.1, -0.05) is 353 Å². The summed E-state index contributed by atoms with van der Waals surface area (Å²) in [6, 6.07) is 47.1. The van der Waals surface area contributed by atoms with Gasteiger partial charge in [0.15, 0.2) is 0 Å². The molecule has 0 N–H and O–H groups in total. The average Bonchev–Trinajstić information content (AvgIpc) is 0.820. The summed E-state index contributed by atoms with van der Waals surface area (Å²) in [5, 5.41) is 6.12. The molecule has 0 radical (unpaired) electrons. The molecule has 0 fully saturated rings. The lowest BCUT2D eigenvalue weighted by Crippen LogP contribution is -1.85. The SMILES string of the molecule is CCCCCCC#Cc1cc(C#CCCCCCC)c2c#cc3c(C#CCCCCCC)ccc(C#CCCCCCC)c3c#cc3cc(c#cc4c(C#CCCCCCC)ccc(C#CCCCCCC)c4c#cc1c2)c(C#CCCCCCC)cc3C#CCCCCCC. The van der Waals surface area contributed by atoms with Crippen LogP contribution < -0.4 is 0 Å². The molecule has 5 rings (SSSR count). The van der Waals surface area contributed by atoms with Gasteiger partial charge in [0.2, 0.25) is 0 Å². The molecule has 0 atom stereocenters. The van der Waals surface area contributed by atoms with Crippen LogP contribution in [0.25, 0.3) is 43.1 Å². The zero-order chi connectivity index (χ0) is 68.1. The molecular formula is C96H112. The van der Waals surface area contributed by atoms with Crippen molar-refractivity contribution in [2.75, 3.05) is 0 Å². The van der Waals surface area contributed by atoms with Crippen molar-refractivity contribution >= 4 is 43.1 Å². The summed E-state index contributed by atoms with van der Waals surface area (Å²) in [7, 11) is 0. The number of hydrogen-bond donors (Lipinski definition) is 0. The smallest absolute Gasteiger partial charge is 0.0575 e. The molecule has 5 aromatic carbocycles. The maximum absolute atomic E-state index is 3.78. The van der Waals surface area contributed by atoms with Crippen molar-refractivity contribution in [1.82, 2.24) is 0 Å². The van der Waals surface area contributed by atoms with Crippen LogP contribution in [0.1, 0.15) is 357 Å². The molecule has 0 aromatic heterocycles. The van der Waals surface area contributed by atoms with Crippen molar-refractivity contribution in [2.24, 2.45) is 0 Å². The molecule has 0 saturated carbocycles. The summed E-state index contributed by atoms with van der Waals surface area (Å²) >= 11 is 0. The van der Waals surface area contributed by atoms with E-state index in [1.54, 1.807) is 0 Å². The Balaban J connectivity index is 2.17. The van der Waals surface area contributed by atoms with Crippen LogP contribution in [0.2, 0.25) is 0 Å². The predicted octanol–water partition coefficient (Wildman–Crippen LogP) is 26.1. The minimum Gasteiger partial charge on any atom is -0.0978 e. The van der Waals surface area contributed by atoms with Crippen molar-refractivity contribution in [2.45, 2.75) is 312 Å². The van der Waals surface area contributed by atoms with Crippen LogP contribution in [-0.2, 0) is 0 Å². The third-order valence-corrected chi connectivity index (χ3v) is 17.0. The molecule has 4 bridgehead atoms. The molecule has 496 valence electrons. The van der Waals surface area contributed by atoms with Crippen molar-refractivity contribution in [3.8, 4) is 94.7 Å². The standard InChI is InChI=1S/C96H112/c1-9-17-25-33-41-49-57-81-65-66-82(58-50-42-34-26-18-10-2)94-74-70-90-80-92(88(64-56-48-40-32-24-16-8)78-86(90)62-54-46-38-30-22-14-6)72-76-96-84(60-52-44-36-28-20-12-4)68-67-83(59-51-43-35-27-19-11-3)95(96)75-71-91-79-89(69-73-93(81)94)85(61-53-45-37-29-21-13-5)77-87(91)63-55-47-39-31-23-15-7/h65-68,77-80H,9-48H2,1-8H3. The van der Waals surface area contributed by atoms with E-state index in [0.717, 1.165) is 242 Å². The summed E-state index contributed by atoms with van der Waals surface area (Å²) in [4.78, 5) is 0. The van der Waals surface area contributed by atoms with Crippen LogP contribution in [-0.4, -0.2) is 0 Å². The average molecular weight is 1270 g/mol. The summed E-state index contributed by atoms with van der Waals surface area (Å²) in [5.74, 6) is 57.7. The highest BCUT2D eigenvalue weighted by molar-refractivity contribution is 5.92. The van der Waals surface area contributed by atoms with Gasteiger partial charge in [-0.2, -0.15) is 0 Å². The molecule has 0 spiro atoms. The second-order valence-electron chi connectivity index (χ2n) is 25.6. The third-order valence-electron chi connectivity index (χ3n) is 17.0. The Morgan fingerprint density at radius 3 is 0.521 bits per heavy atom. The number of fused-ring (bicyclic) bond motifs is 6. The lowest BCUT2D eigenvalue weighted by Gasteiger charge is -2.01. The van der Waals surface area contributed by atoms with Gasteiger partial charge in [0.05, 0.1) is 21.5 Å². The van der Waals surface area contributed by atoms with E-state index in [1.165, 1.54) is 103 Å². The predicted molar refractivity (Wildman–Crippen MR) is 416 cm³/mol. The maximum atomic E-state index is 3.78. The molecule has 0 heteroatoms. The second-order valence-corrected chi connectivity index (χ2v) is 25.6. The fourth-order valence-corrected chi connectivity index (χ4v) is 11.1. The molecule has 0 saturated heterocycles. The summed E-state index contributed by atoms with van der Waals surface area (Å²) in [6.07, 6.45) is 43.0. The van der Waals surface area contributed by atoms with Crippen LogP contribution in [0, 0.1) is 143 Å². The summed E-state index contributed by atoms with van der Waals surface area (Å²) in [5.41, 5.74) is 6.66. The quantitative estimate of drug-likeness (QED) is 0.0297. The molecule has 0 heterocycles. The first-order valence-corrected chi connectivity index (χ1v) is 38.1. The third kappa shape index (κ3) is 30.6. The van der Waals surface area contributed by atoms with Crippen LogP contribution in [0.15, 0.2) is 48.5 Å². The van der Waals surface area contributed by atoms with E-state index in [9.17, 15) is 0 Å². The Morgan fingerprint density at radius 1 is 0.188 bits per heavy atom. The highest BCUT2D eigenvalue weighted by atomic mass is 14.1. The van der Waals surface area contributed by atoms with Gasteiger partial charge < -0.3 is 0 Å². The topological polar surface area (TPSA) is 0 Å². The van der Waals surface area contributed by atoms with E-state index in [1.807, 2.05) is 0 Å². The number of benzene rings is 4. The van der Waals surface area contributed by atoms with E-state index in [-0.39, 0.29) is 0 Å². The lowest BCUT2D eigenvalue weighted by atomic mass is 10.00. The number of hydrogen-bond acceptors (Lipinski definition) is 0. The molecule has 0 aliphatic rings. The van der Waals surface area contributed by atoms with Crippen LogP contribution in [0.4, 0.5) is 0 Å². The minimum atomic E-state index is 0.754. The van der Waals surface area contributed by atoms with Crippen molar-refractivity contribution in [3.05, 3.63) is 142 Å². The van der Waals surface area contributed by atoms with Gasteiger partial charge in [-0.05, 0) is 99.9 Å². The Labute approximate surface area is 588 Å². The van der Waals surface area contributed by atoms with Gasteiger partial charge in [-0.15, -0.1) is 0 Å². The highest BCUT2D eigenvalue weighted by Gasteiger charge is 2.08. The van der Waals surface area contributed by atoms with Crippen LogP contribution >= 0.6 is 0 Å². The van der Waals surface area contributed by atoms with Gasteiger partial charge in [0, 0.05) is 117 Å². The van der Waals surface area contributed by atoms with E-state index >= 15 is 0 Å². The van der Waals surface area contributed by atoms with Gasteiger partial charge in [0.25, 0.3) is 0 Å².